The van der Waals surface area contributed by atoms with Crippen molar-refractivity contribution in [2.45, 2.75) is 13.5 Å². The lowest BCUT2D eigenvalue weighted by Crippen LogP contribution is -2.00. The lowest BCUT2D eigenvalue weighted by Gasteiger charge is -2.11. The van der Waals surface area contributed by atoms with E-state index in [-0.39, 0.29) is 5.78 Å². The van der Waals surface area contributed by atoms with Gasteiger partial charge in [-0.3, -0.25) is 4.79 Å². The van der Waals surface area contributed by atoms with Crippen LogP contribution in [0.5, 0.6) is 11.5 Å². The van der Waals surface area contributed by atoms with Crippen molar-refractivity contribution in [2.75, 3.05) is 7.11 Å². The quantitative estimate of drug-likeness (QED) is 0.788. The van der Waals surface area contributed by atoms with E-state index in [0.29, 0.717) is 29.2 Å². The number of nitrogens with zero attached hydrogens (tertiary/aromatic N) is 1. The maximum Gasteiger partial charge on any atom is 0.161 e. The molecular formula is C17H15NO3. The Bertz CT molecular complexity index is 701. The molecule has 0 aliphatic rings. The van der Waals surface area contributed by atoms with Gasteiger partial charge in [-0.2, -0.15) is 5.26 Å². The van der Waals surface area contributed by atoms with E-state index in [2.05, 4.69) is 6.07 Å². The molecule has 0 fully saturated rings. The van der Waals surface area contributed by atoms with Crippen LogP contribution < -0.4 is 9.47 Å². The predicted octanol–water partition coefficient (Wildman–Crippen LogP) is 3.35. The van der Waals surface area contributed by atoms with Gasteiger partial charge in [-0.05, 0) is 42.8 Å². The van der Waals surface area contributed by atoms with E-state index in [1.54, 1.807) is 30.3 Å². The van der Waals surface area contributed by atoms with E-state index in [1.807, 2.05) is 12.1 Å². The van der Waals surface area contributed by atoms with Crippen LogP contribution in [0.15, 0.2) is 42.5 Å². The Hall–Kier alpha value is -2.80. The van der Waals surface area contributed by atoms with Crippen LogP contribution in [-0.4, -0.2) is 12.9 Å². The molecule has 0 saturated heterocycles. The number of carbonyl (C=O) groups is 1. The van der Waals surface area contributed by atoms with Gasteiger partial charge in [0.2, 0.25) is 0 Å². The van der Waals surface area contributed by atoms with Crippen LogP contribution in [0.25, 0.3) is 0 Å². The lowest BCUT2D eigenvalue weighted by atomic mass is 10.1. The number of hydrogen-bond acceptors (Lipinski definition) is 4. The first-order valence-corrected chi connectivity index (χ1v) is 6.45. The molecule has 2 aromatic carbocycles. The Morgan fingerprint density at radius 2 is 2.00 bits per heavy atom. The summed E-state index contributed by atoms with van der Waals surface area (Å²) in [6, 6.07) is 14.4. The fraction of sp³-hybridized carbons (Fsp3) is 0.176. The van der Waals surface area contributed by atoms with Crippen molar-refractivity contribution in [1.82, 2.24) is 0 Å². The Labute approximate surface area is 123 Å². The Morgan fingerprint density at radius 1 is 1.19 bits per heavy atom. The molecule has 0 aliphatic heterocycles. The van der Waals surface area contributed by atoms with Crippen molar-refractivity contribution in [1.29, 1.82) is 5.26 Å². The van der Waals surface area contributed by atoms with Gasteiger partial charge >= 0.3 is 0 Å². The molecule has 0 amide bonds. The van der Waals surface area contributed by atoms with Gasteiger partial charge in [0.15, 0.2) is 17.3 Å². The zero-order valence-corrected chi connectivity index (χ0v) is 11.9. The van der Waals surface area contributed by atoms with Crippen molar-refractivity contribution in [2.24, 2.45) is 0 Å². The average molecular weight is 281 g/mol. The summed E-state index contributed by atoms with van der Waals surface area (Å²) in [7, 11) is 1.53. The first-order valence-electron chi connectivity index (χ1n) is 6.45. The second kappa shape index (κ2) is 6.58. The fourth-order valence-corrected chi connectivity index (χ4v) is 1.90. The second-order valence-corrected chi connectivity index (χ2v) is 4.52. The summed E-state index contributed by atoms with van der Waals surface area (Å²) in [4.78, 5) is 11.3. The highest BCUT2D eigenvalue weighted by molar-refractivity contribution is 5.94. The third-order valence-electron chi connectivity index (χ3n) is 3.02. The van der Waals surface area contributed by atoms with Crippen molar-refractivity contribution < 1.29 is 14.3 Å². The number of benzene rings is 2. The molecule has 0 unspecified atom stereocenters. The molecule has 0 aromatic heterocycles. The topological polar surface area (TPSA) is 59.3 Å². The third-order valence-corrected chi connectivity index (χ3v) is 3.02. The van der Waals surface area contributed by atoms with Gasteiger partial charge in [0.1, 0.15) is 6.61 Å². The van der Waals surface area contributed by atoms with Crippen molar-refractivity contribution in [3.8, 4) is 17.6 Å². The molecule has 0 N–H and O–H groups in total. The average Bonchev–Trinajstić information content (AvgIpc) is 2.52. The van der Waals surface area contributed by atoms with E-state index in [0.717, 1.165) is 5.56 Å². The maximum atomic E-state index is 11.3. The summed E-state index contributed by atoms with van der Waals surface area (Å²) in [5.74, 6) is 1.05. The molecule has 0 saturated carbocycles. The van der Waals surface area contributed by atoms with Crippen molar-refractivity contribution >= 4 is 5.78 Å². The van der Waals surface area contributed by atoms with Gasteiger partial charge in [-0.1, -0.05) is 12.1 Å². The van der Waals surface area contributed by atoms with Gasteiger partial charge in [0.05, 0.1) is 18.7 Å². The highest BCUT2D eigenvalue weighted by atomic mass is 16.5. The van der Waals surface area contributed by atoms with Crippen LogP contribution in [-0.2, 0) is 6.61 Å². The molecule has 0 atom stereocenters. The van der Waals surface area contributed by atoms with Crippen LogP contribution in [0.4, 0.5) is 0 Å². The zero-order chi connectivity index (χ0) is 15.2. The van der Waals surface area contributed by atoms with Gasteiger partial charge < -0.3 is 9.47 Å². The number of carbonyl (C=O) groups excluding carboxylic acids is 1. The molecule has 0 aliphatic carbocycles. The summed E-state index contributed by atoms with van der Waals surface area (Å²) in [5.41, 5.74) is 2.06. The summed E-state index contributed by atoms with van der Waals surface area (Å²) >= 11 is 0. The number of nitriles is 1. The first-order chi connectivity index (χ1) is 10.1. The number of ether oxygens (including phenoxy) is 2. The van der Waals surface area contributed by atoms with Gasteiger partial charge in [0, 0.05) is 5.56 Å². The van der Waals surface area contributed by atoms with Crippen LogP contribution >= 0.6 is 0 Å². The SMILES string of the molecule is COc1cc(C(C)=O)ccc1OCc1cccc(C#N)c1. The van der Waals surface area contributed by atoms with Gasteiger partial charge in [-0.25, -0.2) is 0 Å². The molecule has 2 rings (SSSR count). The normalized spacial score (nSPS) is 9.76. The molecule has 106 valence electrons. The Morgan fingerprint density at radius 3 is 2.67 bits per heavy atom. The lowest BCUT2D eigenvalue weighted by molar-refractivity contribution is 0.101. The summed E-state index contributed by atoms with van der Waals surface area (Å²) < 4.78 is 10.9. The Kier molecular flexibility index (Phi) is 4.57. The van der Waals surface area contributed by atoms with Crippen molar-refractivity contribution in [3.05, 3.63) is 59.2 Å². The predicted molar refractivity (Wildman–Crippen MR) is 78.5 cm³/mol. The van der Waals surface area contributed by atoms with E-state index < -0.39 is 0 Å². The third kappa shape index (κ3) is 3.61. The van der Waals surface area contributed by atoms with Crippen LogP contribution in [0, 0.1) is 11.3 Å². The summed E-state index contributed by atoms with van der Waals surface area (Å²) in [6.07, 6.45) is 0. The van der Waals surface area contributed by atoms with E-state index in [4.69, 9.17) is 14.7 Å². The highest BCUT2D eigenvalue weighted by Gasteiger charge is 2.08. The zero-order valence-electron chi connectivity index (χ0n) is 11.9. The number of hydrogen-bond donors (Lipinski definition) is 0. The number of ketones is 1. The molecule has 4 nitrogen and oxygen atoms in total. The molecule has 4 heteroatoms. The van der Waals surface area contributed by atoms with Gasteiger partial charge in [0.25, 0.3) is 0 Å². The molecular weight excluding hydrogens is 266 g/mol. The minimum Gasteiger partial charge on any atom is -0.493 e. The number of rotatable bonds is 5. The summed E-state index contributed by atoms with van der Waals surface area (Å²) in [6.45, 7) is 1.83. The smallest absolute Gasteiger partial charge is 0.161 e. The monoisotopic (exact) mass is 281 g/mol. The van der Waals surface area contributed by atoms with E-state index in [1.165, 1.54) is 14.0 Å². The first kappa shape index (κ1) is 14.6. The molecule has 0 spiro atoms. The molecule has 0 radical (unpaired) electrons. The molecule has 0 heterocycles. The fourth-order valence-electron chi connectivity index (χ4n) is 1.90. The Balaban J connectivity index is 2.16. The minimum atomic E-state index is -0.0263. The second-order valence-electron chi connectivity index (χ2n) is 4.52. The highest BCUT2D eigenvalue weighted by Crippen LogP contribution is 2.29. The molecule has 2 aromatic rings. The van der Waals surface area contributed by atoms with E-state index >= 15 is 0 Å². The molecule has 0 bridgehead atoms. The summed E-state index contributed by atoms with van der Waals surface area (Å²) in [5, 5.41) is 8.87. The number of Topliss-reactive ketones (excluding diaryl/α,β-unsaturated/α-hetero) is 1. The minimum absolute atomic E-state index is 0.0263. The van der Waals surface area contributed by atoms with Crippen LogP contribution in [0.3, 0.4) is 0 Å². The largest absolute Gasteiger partial charge is 0.493 e. The number of methoxy groups -OCH3 is 1. The maximum absolute atomic E-state index is 11.3. The van der Waals surface area contributed by atoms with Crippen LogP contribution in [0.2, 0.25) is 0 Å². The standard InChI is InChI=1S/C17H15NO3/c1-12(19)15-6-7-16(17(9-15)20-2)21-11-14-5-3-4-13(8-14)10-18/h3-9H,11H2,1-2H3. The molecule has 21 heavy (non-hydrogen) atoms. The van der Waals surface area contributed by atoms with Gasteiger partial charge in [-0.15, -0.1) is 0 Å². The van der Waals surface area contributed by atoms with E-state index in [9.17, 15) is 4.79 Å². The van der Waals surface area contributed by atoms with Crippen molar-refractivity contribution in [3.63, 3.8) is 0 Å². The van der Waals surface area contributed by atoms with Crippen LogP contribution in [0.1, 0.15) is 28.4 Å².